The fourth-order valence-corrected chi connectivity index (χ4v) is 5.20. The molecule has 0 radical (unpaired) electrons. The first kappa shape index (κ1) is 30.9. The predicted molar refractivity (Wildman–Crippen MR) is 166 cm³/mol. The van der Waals surface area contributed by atoms with Crippen molar-refractivity contribution in [2.45, 2.75) is 64.6 Å². The maximum Gasteiger partial charge on any atom is 0.227 e. The molecule has 1 aliphatic carbocycles. The average molecular weight is 574 g/mol. The van der Waals surface area contributed by atoms with Crippen LogP contribution in [0.1, 0.15) is 52.0 Å². The van der Waals surface area contributed by atoms with Crippen molar-refractivity contribution in [1.29, 1.82) is 5.26 Å². The number of benzene rings is 1. The van der Waals surface area contributed by atoms with Crippen LogP contribution in [0.5, 0.6) is 5.75 Å². The molecule has 1 saturated carbocycles. The number of ether oxygens (including phenoxy) is 2. The number of aliphatic imine (C=N–C) groups is 2. The standard InChI is InChI=1S/C31H43N9O2/c1-21(2)30(34)28(19-36-26-6-8-27(9-7-26)40-10-12-41-13-11-40)39-31-37-17-25(18-38-31)23-4-5-24(15-32)29(14-23)42-22(3)16-35-20-33/h4-5,14,17-22,26-27H,6-13,16,34H2,1-3H3,(H2,33,35)(H,37,38,39)/b30-28+,36-19?/t22-,26?,27?/m0/s1. The Morgan fingerprint density at radius 1 is 1.17 bits per heavy atom. The zero-order valence-electron chi connectivity index (χ0n) is 24.9. The maximum absolute atomic E-state index is 9.52. The SMILES string of the molecule is CC(C)/C(N)=C(/C=NC1CCC(N2CCOCC2)CC1)Nc1ncc(-c2ccc(C#N)c(O[C@@H](C)CN=CN)c2)cn1. The highest BCUT2D eigenvalue weighted by atomic mass is 16.5. The number of hydrogen-bond donors (Lipinski definition) is 3. The van der Waals surface area contributed by atoms with Gasteiger partial charge in [0.1, 0.15) is 17.9 Å². The lowest BCUT2D eigenvalue weighted by Gasteiger charge is -2.38. The minimum Gasteiger partial charge on any atom is -0.487 e. The molecule has 42 heavy (non-hydrogen) atoms. The molecule has 224 valence electrons. The van der Waals surface area contributed by atoms with Crippen LogP contribution < -0.4 is 21.5 Å². The highest BCUT2D eigenvalue weighted by Crippen LogP contribution is 2.28. The molecule has 4 rings (SSSR count). The third kappa shape index (κ3) is 8.50. The summed E-state index contributed by atoms with van der Waals surface area (Å²) in [5, 5.41) is 12.8. The number of rotatable bonds is 11. The molecule has 2 aromatic rings. The Kier molecular flexibility index (Phi) is 11.3. The van der Waals surface area contributed by atoms with Crippen LogP contribution in [-0.4, -0.2) is 78.5 Å². The second-order valence-electron chi connectivity index (χ2n) is 11.1. The van der Waals surface area contributed by atoms with Crippen LogP contribution in [0.25, 0.3) is 11.1 Å². The van der Waals surface area contributed by atoms with E-state index in [4.69, 9.17) is 25.9 Å². The molecular formula is C31H43N9O2. The number of nitrogens with zero attached hydrogens (tertiary/aromatic N) is 6. The summed E-state index contributed by atoms with van der Waals surface area (Å²) >= 11 is 0. The van der Waals surface area contributed by atoms with Crippen molar-refractivity contribution < 1.29 is 9.47 Å². The van der Waals surface area contributed by atoms with Gasteiger partial charge in [-0.1, -0.05) is 19.9 Å². The molecule has 1 aromatic carbocycles. The number of nitrogens with two attached hydrogens (primary N) is 2. The summed E-state index contributed by atoms with van der Waals surface area (Å²) in [6.45, 7) is 10.1. The molecule has 1 saturated heterocycles. The van der Waals surface area contributed by atoms with E-state index in [0.29, 0.717) is 35.5 Å². The van der Waals surface area contributed by atoms with E-state index in [1.807, 2.05) is 25.3 Å². The number of nitrogens with one attached hydrogen (secondary N) is 1. The van der Waals surface area contributed by atoms with Gasteiger partial charge in [-0.05, 0) is 56.2 Å². The number of morpholine rings is 1. The van der Waals surface area contributed by atoms with E-state index in [2.05, 4.69) is 45.1 Å². The van der Waals surface area contributed by atoms with Gasteiger partial charge in [-0.15, -0.1) is 0 Å². The van der Waals surface area contributed by atoms with Gasteiger partial charge in [0.05, 0.1) is 43.4 Å². The molecule has 1 aliphatic heterocycles. The monoisotopic (exact) mass is 573 g/mol. The van der Waals surface area contributed by atoms with Gasteiger partial charge in [-0.2, -0.15) is 5.26 Å². The highest BCUT2D eigenvalue weighted by molar-refractivity contribution is 5.83. The third-order valence-electron chi connectivity index (χ3n) is 7.71. The van der Waals surface area contributed by atoms with Crippen molar-refractivity contribution in [3.63, 3.8) is 0 Å². The Hall–Kier alpha value is -4.01. The molecule has 2 aliphatic rings. The molecule has 0 spiro atoms. The van der Waals surface area contributed by atoms with Crippen LogP contribution in [0.3, 0.4) is 0 Å². The second kappa shape index (κ2) is 15.3. The molecule has 2 fully saturated rings. The van der Waals surface area contributed by atoms with E-state index >= 15 is 0 Å². The molecular weight excluding hydrogens is 530 g/mol. The van der Waals surface area contributed by atoms with Crippen molar-refractivity contribution in [3.05, 3.63) is 47.6 Å². The lowest BCUT2D eigenvalue weighted by atomic mass is 9.90. The lowest BCUT2D eigenvalue weighted by molar-refractivity contribution is 0.00756. The number of nitriles is 1. The molecule has 5 N–H and O–H groups in total. The van der Waals surface area contributed by atoms with Gasteiger partial charge in [0.25, 0.3) is 0 Å². The molecule has 2 heterocycles. The molecule has 11 nitrogen and oxygen atoms in total. The van der Waals surface area contributed by atoms with Crippen LogP contribution in [0, 0.1) is 17.2 Å². The largest absolute Gasteiger partial charge is 0.487 e. The summed E-state index contributed by atoms with van der Waals surface area (Å²) in [5.41, 5.74) is 15.3. The van der Waals surface area contributed by atoms with Crippen molar-refractivity contribution in [2.75, 3.05) is 38.2 Å². The molecule has 1 aromatic heterocycles. The number of anilines is 1. The van der Waals surface area contributed by atoms with Crippen molar-refractivity contribution in [1.82, 2.24) is 14.9 Å². The summed E-state index contributed by atoms with van der Waals surface area (Å²) in [6, 6.07) is 8.48. The first-order valence-corrected chi connectivity index (χ1v) is 14.7. The van der Waals surface area contributed by atoms with Gasteiger partial charge in [0.2, 0.25) is 5.95 Å². The van der Waals surface area contributed by atoms with Gasteiger partial charge in [-0.3, -0.25) is 14.9 Å². The van der Waals surface area contributed by atoms with E-state index in [0.717, 1.165) is 68.8 Å². The number of hydrogen-bond acceptors (Lipinski definition) is 10. The Morgan fingerprint density at radius 2 is 1.88 bits per heavy atom. The highest BCUT2D eigenvalue weighted by Gasteiger charge is 2.26. The van der Waals surface area contributed by atoms with E-state index in [-0.39, 0.29) is 18.1 Å². The first-order chi connectivity index (χ1) is 20.4. The zero-order valence-corrected chi connectivity index (χ0v) is 24.9. The van der Waals surface area contributed by atoms with E-state index < -0.39 is 0 Å². The van der Waals surface area contributed by atoms with Crippen molar-refractivity contribution >= 4 is 18.5 Å². The van der Waals surface area contributed by atoms with Gasteiger partial charge >= 0.3 is 0 Å². The first-order valence-electron chi connectivity index (χ1n) is 14.7. The van der Waals surface area contributed by atoms with Crippen molar-refractivity contribution in [3.8, 4) is 22.9 Å². The summed E-state index contributed by atoms with van der Waals surface area (Å²) in [5.74, 6) is 1.03. The molecule has 1 atom stereocenters. The summed E-state index contributed by atoms with van der Waals surface area (Å²) in [4.78, 5) is 20.6. The second-order valence-corrected chi connectivity index (χ2v) is 11.1. The topological polar surface area (TPSA) is 160 Å². The van der Waals surface area contributed by atoms with Gasteiger partial charge in [0, 0.05) is 49.0 Å². The molecule has 0 amide bonds. The molecule has 0 bridgehead atoms. The number of aromatic nitrogens is 2. The third-order valence-corrected chi connectivity index (χ3v) is 7.71. The Labute approximate surface area is 248 Å². The minimum absolute atomic E-state index is 0.130. The normalized spacial score (nSPS) is 21.3. The van der Waals surface area contributed by atoms with Crippen molar-refractivity contribution in [2.24, 2.45) is 27.4 Å². The average Bonchev–Trinajstić information content (AvgIpc) is 3.02. The summed E-state index contributed by atoms with van der Waals surface area (Å²) in [6.07, 6.45) is 10.8. The van der Waals surface area contributed by atoms with Crippen LogP contribution in [0.15, 0.2) is 52.0 Å². The van der Waals surface area contributed by atoms with E-state index in [9.17, 15) is 5.26 Å². The summed E-state index contributed by atoms with van der Waals surface area (Å²) < 4.78 is 11.5. The van der Waals surface area contributed by atoms with Gasteiger partial charge < -0.3 is 26.3 Å². The fourth-order valence-electron chi connectivity index (χ4n) is 5.20. The fraction of sp³-hybridized carbons (Fsp3) is 0.516. The Morgan fingerprint density at radius 3 is 2.52 bits per heavy atom. The maximum atomic E-state index is 9.52. The summed E-state index contributed by atoms with van der Waals surface area (Å²) in [7, 11) is 0. The quantitative estimate of drug-likeness (QED) is 0.269. The van der Waals surface area contributed by atoms with Gasteiger partial charge in [0.15, 0.2) is 0 Å². The van der Waals surface area contributed by atoms with Crippen LogP contribution in [0.2, 0.25) is 0 Å². The smallest absolute Gasteiger partial charge is 0.227 e. The Balaban J connectivity index is 1.42. The Bertz CT molecular complexity index is 1290. The van der Waals surface area contributed by atoms with Crippen LogP contribution >= 0.6 is 0 Å². The van der Waals surface area contributed by atoms with E-state index in [1.165, 1.54) is 6.34 Å². The predicted octanol–water partition coefficient (Wildman–Crippen LogP) is 3.72. The van der Waals surface area contributed by atoms with Crippen LogP contribution in [-0.2, 0) is 4.74 Å². The number of allylic oxidation sites excluding steroid dienone is 2. The van der Waals surface area contributed by atoms with Gasteiger partial charge in [-0.25, -0.2) is 9.97 Å². The molecule has 11 heteroatoms. The molecule has 0 unspecified atom stereocenters. The zero-order chi connectivity index (χ0) is 29.9. The minimum atomic E-state index is -0.243. The lowest BCUT2D eigenvalue weighted by Crippen LogP contribution is -2.45. The van der Waals surface area contributed by atoms with E-state index in [1.54, 1.807) is 18.5 Å². The van der Waals surface area contributed by atoms with Crippen LogP contribution in [0.4, 0.5) is 5.95 Å².